The second kappa shape index (κ2) is 5.56. The fraction of sp³-hybridized carbons (Fsp3) is 0.300. The molecule has 0 spiro atoms. The quantitative estimate of drug-likeness (QED) is 0.861. The summed E-state index contributed by atoms with van der Waals surface area (Å²) in [6.45, 7) is 0.209. The highest BCUT2D eigenvalue weighted by Gasteiger charge is 2.02. The van der Waals surface area contributed by atoms with Crippen LogP contribution >= 0.6 is 11.6 Å². The maximum Gasteiger partial charge on any atom is 0.223 e. The number of carbonyl (C=O) groups is 1. The van der Waals surface area contributed by atoms with Crippen molar-refractivity contribution in [2.24, 2.45) is 0 Å². The number of hydrogen-bond donors (Lipinski definition) is 1. The first-order valence-corrected chi connectivity index (χ1v) is 4.79. The number of halogens is 2. The molecule has 0 atom stereocenters. The maximum absolute atomic E-state index is 12.9. The lowest BCUT2D eigenvalue weighted by molar-refractivity contribution is -0.121. The van der Waals surface area contributed by atoms with Gasteiger partial charge in [-0.2, -0.15) is 0 Å². The summed E-state index contributed by atoms with van der Waals surface area (Å²) in [6.07, 6.45) is 0.237. The number of nitrogens with one attached hydrogen (secondary N) is 1. The molecule has 0 bridgehead atoms. The summed E-state index contributed by atoms with van der Waals surface area (Å²) >= 11 is 5.49. The van der Waals surface area contributed by atoms with Gasteiger partial charge < -0.3 is 10.1 Å². The van der Waals surface area contributed by atoms with Crippen LogP contribution < -0.4 is 10.1 Å². The summed E-state index contributed by atoms with van der Waals surface area (Å²) in [6, 6.07) is 4.15. The third kappa shape index (κ3) is 3.75. The van der Waals surface area contributed by atoms with Gasteiger partial charge in [0.15, 0.2) is 0 Å². The molecule has 0 fully saturated rings. The van der Waals surface area contributed by atoms with E-state index in [4.69, 9.17) is 16.3 Å². The zero-order valence-electron chi connectivity index (χ0n) is 8.22. The monoisotopic (exact) mass is 231 g/mol. The molecule has 0 aliphatic heterocycles. The largest absolute Gasteiger partial charge is 0.493 e. The fourth-order valence-corrected chi connectivity index (χ4v) is 1.07. The number of amides is 1. The molecule has 1 N–H and O–H groups in total. The molecule has 0 aliphatic rings. The van der Waals surface area contributed by atoms with Gasteiger partial charge in [0.2, 0.25) is 5.91 Å². The molecule has 82 valence electrons. The Balaban J connectivity index is 2.44. The number of hydrogen-bond acceptors (Lipinski definition) is 2. The molecule has 0 saturated heterocycles. The van der Waals surface area contributed by atoms with Gasteiger partial charge in [0.25, 0.3) is 0 Å². The summed E-state index contributed by atoms with van der Waals surface area (Å²) in [5.41, 5.74) is 0. The molecule has 5 heteroatoms. The van der Waals surface area contributed by atoms with Crippen molar-refractivity contribution in [1.29, 1.82) is 0 Å². The third-order valence-corrected chi connectivity index (χ3v) is 2.07. The first-order valence-electron chi connectivity index (χ1n) is 4.42. The Kier molecular flexibility index (Phi) is 4.37. The normalized spacial score (nSPS) is 9.80. The molecule has 1 amide bonds. The van der Waals surface area contributed by atoms with Crippen molar-refractivity contribution in [2.45, 2.75) is 6.42 Å². The van der Waals surface area contributed by atoms with Gasteiger partial charge in [-0.25, -0.2) is 4.39 Å². The van der Waals surface area contributed by atoms with Crippen LogP contribution in [0, 0.1) is 5.82 Å². The van der Waals surface area contributed by atoms with E-state index in [2.05, 4.69) is 5.32 Å². The van der Waals surface area contributed by atoms with Crippen LogP contribution in [0.15, 0.2) is 18.2 Å². The van der Waals surface area contributed by atoms with Gasteiger partial charge in [0.1, 0.15) is 11.6 Å². The third-order valence-electron chi connectivity index (χ3n) is 1.77. The highest BCUT2D eigenvalue weighted by atomic mass is 35.5. The predicted octanol–water partition coefficient (Wildman–Crippen LogP) is 1.99. The Hall–Kier alpha value is -1.29. The Bertz CT molecular complexity index is 357. The molecule has 3 nitrogen and oxygen atoms in total. The lowest BCUT2D eigenvalue weighted by Gasteiger charge is -2.05. The van der Waals surface area contributed by atoms with E-state index in [1.165, 1.54) is 12.1 Å². The van der Waals surface area contributed by atoms with E-state index in [0.717, 1.165) is 0 Å². The van der Waals surface area contributed by atoms with E-state index >= 15 is 0 Å². The van der Waals surface area contributed by atoms with Crippen molar-refractivity contribution < 1.29 is 13.9 Å². The number of rotatable bonds is 4. The minimum absolute atomic E-state index is 0.0497. The van der Waals surface area contributed by atoms with Gasteiger partial charge in [-0.05, 0) is 12.1 Å². The number of carbonyl (C=O) groups excluding carboxylic acids is 1. The van der Waals surface area contributed by atoms with Crippen LogP contribution in [-0.2, 0) is 4.79 Å². The van der Waals surface area contributed by atoms with Crippen LogP contribution in [0.3, 0.4) is 0 Å². The summed E-state index contributed by atoms with van der Waals surface area (Å²) in [5.74, 6) is -0.292. The fourth-order valence-electron chi connectivity index (χ4n) is 0.953. The molecule has 0 aliphatic carbocycles. The van der Waals surface area contributed by atoms with Crippen LogP contribution in [0.1, 0.15) is 6.42 Å². The standard InChI is InChI=1S/C10H11ClFNO2/c1-13-10(14)4-5-15-7-2-3-8(11)9(12)6-7/h2-3,6H,4-5H2,1H3,(H,13,14). The molecule has 1 aromatic rings. The second-order valence-electron chi connectivity index (χ2n) is 2.85. The minimum atomic E-state index is -0.533. The van der Waals surface area contributed by atoms with Gasteiger partial charge in [0.05, 0.1) is 18.1 Å². The first kappa shape index (κ1) is 11.8. The molecule has 0 heterocycles. The van der Waals surface area contributed by atoms with E-state index in [0.29, 0.717) is 5.75 Å². The van der Waals surface area contributed by atoms with Crippen molar-refractivity contribution in [2.75, 3.05) is 13.7 Å². The van der Waals surface area contributed by atoms with E-state index in [9.17, 15) is 9.18 Å². The molecule has 0 radical (unpaired) electrons. The molecular weight excluding hydrogens is 221 g/mol. The van der Waals surface area contributed by atoms with Crippen molar-refractivity contribution in [1.82, 2.24) is 5.32 Å². The SMILES string of the molecule is CNC(=O)CCOc1ccc(Cl)c(F)c1. The van der Waals surface area contributed by atoms with Crippen LogP contribution in [0.5, 0.6) is 5.75 Å². The van der Waals surface area contributed by atoms with Crippen LogP contribution in [0.25, 0.3) is 0 Å². The lowest BCUT2D eigenvalue weighted by Crippen LogP contribution is -2.20. The zero-order valence-corrected chi connectivity index (χ0v) is 8.97. The highest BCUT2D eigenvalue weighted by Crippen LogP contribution is 2.20. The number of ether oxygens (including phenoxy) is 1. The van der Waals surface area contributed by atoms with E-state index in [1.807, 2.05) is 0 Å². The Morgan fingerprint density at radius 2 is 2.33 bits per heavy atom. The van der Waals surface area contributed by atoms with Crippen LogP contribution in [0.2, 0.25) is 5.02 Å². The van der Waals surface area contributed by atoms with Crippen molar-refractivity contribution in [3.8, 4) is 5.75 Å². The maximum atomic E-state index is 12.9. The Morgan fingerprint density at radius 1 is 1.60 bits per heavy atom. The van der Waals surface area contributed by atoms with E-state index in [-0.39, 0.29) is 24.0 Å². The van der Waals surface area contributed by atoms with Gasteiger partial charge in [-0.3, -0.25) is 4.79 Å². The Morgan fingerprint density at radius 3 is 2.93 bits per heavy atom. The van der Waals surface area contributed by atoms with Crippen molar-refractivity contribution >= 4 is 17.5 Å². The van der Waals surface area contributed by atoms with Crippen LogP contribution in [0.4, 0.5) is 4.39 Å². The molecule has 0 unspecified atom stereocenters. The molecule has 0 saturated carbocycles. The van der Waals surface area contributed by atoms with Crippen LogP contribution in [-0.4, -0.2) is 19.6 Å². The average Bonchev–Trinajstić information content (AvgIpc) is 2.23. The number of benzene rings is 1. The average molecular weight is 232 g/mol. The molecule has 1 aromatic carbocycles. The van der Waals surface area contributed by atoms with Crippen molar-refractivity contribution in [3.63, 3.8) is 0 Å². The Labute approximate surface area is 92.2 Å². The summed E-state index contributed by atoms with van der Waals surface area (Å²) in [4.78, 5) is 10.8. The molecule has 1 rings (SSSR count). The van der Waals surface area contributed by atoms with E-state index < -0.39 is 5.82 Å². The van der Waals surface area contributed by atoms with Gasteiger partial charge in [-0.1, -0.05) is 11.6 Å². The van der Waals surface area contributed by atoms with Gasteiger partial charge in [0, 0.05) is 13.1 Å². The van der Waals surface area contributed by atoms with Gasteiger partial charge >= 0.3 is 0 Å². The second-order valence-corrected chi connectivity index (χ2v) is 3.25. The highest BCUT2D eigenvalue weighted by molar-refractivity contribution is 6.30. The van der Waals surface area contributed by atoms with E-state index in [1.54, 1.807) is 13.1 Å². The smallest absolute Gasteiger partial charge is 0.223 e. The predicted molar refractivity (Wildman–Crippen MR) is 55.6 cm³/mol. The summed E-state index contributed by atoms with van der Waals surface area (Å²) < 4.78 is 18.1. The summed E-state index contributed by atoms with van der Waals surface area (Å²) in [5, 5.41) is 2.51. The van der Waals surface area contributed by atoms with Gasteiger partial charge in [-0.15, -0.1) is 0 Å². The topological polar surface area (TPSA) is 38.3 Å². The zero-order chi connectivity index (χ0) is 11.3. The molecular formula is C10H11ClFNO2. The minimum Gasteiger partial charge on any atom is -0.493 e. The van der Waals surface area contributed by atoms with Crippen molar-refractivity contribution in [3.05, 3.63) is 29.0 Å². The molecule has 15 heavy (non-hydrogen) atoms. The summed E-state index contributed by atoms with van der Waals surface area (Å²) in [7, 11) is 1.55. The first-order chi connectivity index (χ1) is 7.13. The lowest BCUT2D eigenvalue weighted by atomic mass is 10.3. The molecule has 0 aromatic heterocycles.